The standard InChI is InChI=1S/C22H23NO5S/c1-3-15-6-9-18(23-12-15)20(28-14(2)24)13-27-17-7-4-16(5-8-17)10-21-19(25)11-22(26)29-21/h4-9,12,20-21H,3,10-11,13H2,1-2H3/t20-,21?/m1/s1. The molecule has 152 valence electrons. The molecule has 0 spiro atoms. The molecule has 0 aliphatic carbocycles. The predicted molar refractivity (Wildman–Crippen MR) is 110 cm³/mol. The van der Waals surface area contributed by atoms with Crippen molar-refractivity contribution in [2.24, 2.45) is 0 Å². The Morgan fingerprint density at radius 2 is 1.90 bits per heavy atom. The molecule has 3 rings (SSSR count). The zero-order chi connectivity index (χ0) is 20.8. The lowest BCUT2D eigenvalue weighted by Crippen LogP contribution is -2.18. The molecule has 1 aliphatic rings. The van der Waals surface area contributed by atoms with Crippen LogP contribution in [0.3, 0.4) is 0 Å². The third-order valence-corrected chi connectivity index (χ3v) is 5.71. The van der Waals surface area contributed by atoms with Crippen molar-refractivity contribution in [1.29, 1.82) is 0 Å². The first-order valence-corrected chi connectivity index (χ1v) is 10.4. The zero-order valence-corrected chi connectivity index (χ0v) is 17.2. The minimum atomic E-state index is -0.600. The maximum absolute atomic E-state index is 11.8. The summed E-state index contributed by atoms with van der Waals surface area (Å²) >= 11 is 1.12. The third kappa shape index (κ3) is 5.90. The molecule has 1 fully saturated rings. The topological polar surface area (TPSA) is 82.6 Å². The highest BCUT2D eigenvalue weighted by molar-refractivity contribution is 8.15. The minimum Gasteiger partial charge on any atom is -0.489 e. The molecule has 1 unspecified atom stereocenters. The second kappa shape index (κ2) is 9.69. The predicted octanol–water partition coefficient (Wildman–Crippen LogP) is 3.47. The number of carbonyl (C=O) groups is 3. The van der Waals surface area contributed by atoms with Crippen LogP contribution in [-0.2, 0) is 32.0 Å². The number of benzene rings is 1. The van der Waals surface area contributed by atoms with Crippen molar-refractivity contribution in [2.45, 2.75) is 44.5 Å². The number of rotatable bonds is 8. The Morgan fingerprint density at radius 1 is 1.17 bits per heavy atom. The molecule has 1 saturated heterocycles. The van der Waals surface area contributed by atoms with Crippen LogP contribution in [0.25, 0.3) is 0 Å². The van der Waals surface area contributed by atoms with E-state index in [-0.39, 0.29) is 29.2 Å². The highest BCUT2D eigenvalue weighted by atomic mass is 32.2. The quantitative estimate of drug-likeness (QED) is 0.484. The summed E-state index contributed by atoms with van der Waals surface area (Å²) in [5.41, 5.74) is 2.70. The van der Waals surface area contributed by atoms with Crippen LogP contribution in [0.2, 0.25) is 0 Å². The van der Waals surface area contributed by atoms with Crippen molar-refractivity contribution >= 4 is 28.6 Å². The highest BCUT2D eigenvalue weighted by Crippen LogP contribution is 2.28. The van der Waals surface area contributed by atoms with Gasteiger partial charge in [0.2, 0.25) is 0 Å². The monoisotopic (exact) mass is 413 g/mol. The number of ketones is 1. The average Bonchev–Trinajstić information content (AvgIpc) is 3.03. The van der Waals surface area contributed by atoms with Crippen molar-refractivity contribution in [3.05, 3.63) is 59.4 Å². The molecule has 2 atom stereocenters. The molecule has 0 radical (unpaired) electrons. The summed E-state index contributed by atoms with van der Waals surface area (Å²) < 4.78 is 11.2. The molecule has 2 heterocycles. The van der Waals surface area contributed by atoms with Crippen LogP contribution in [0.5, 0.6) is 5.75 Å². The fourth-order valence-electron chi connectivity index (χ4n) is 3.00. The van der Waals surface area contributed by atoms with Crippen molar-refractivity contribution in [3.63, 3.8) is 0 Å². The molecular weight excluding hydrogens is 390 g/mol. The Kier molecular flexibility index (Phi) is 7.04. The fraction of sp³-hybridized carbons (Fsp3) is 0.364. The highest BCUT2D eigenvalue weighted by Gasteiger charge is 2.31. The lowest BCUT2D eigenvalue weighted by Gasteiger charge is -2.18. The van der Waals surface area contributed by atoms with E-state index in [1.165, 1.54) is 6.92 Å². The summed E-state index contributed by atoms with van der Waals surface area (Å²) in [4.78, 5) is 39.0. The number of esters is 1. The molecule has 7 heteroatoms. The van der Waals surface area contributed by atoms with Gasteiger partial charge in [-0.1, -0.05) is 36.9 Å². The number of hydrogen-bond donors (Lipinski definition) is 0. The van der Waals surface area contributed by atoms with Gasteiger partial charge in [0.25, 0.3) is 0 Å². The summed E-state index contributed by atoms with van der Waals surface area (Å²) in [6.07, 6.45) is 2.61. The van der Waals surface area contributed by atoms with Gasteiger partial charge in [0.1, 0.15) is 12.4 Å². The fourth-order valence-corrected chi connectivity index (χ4v) is 4.03. The SMILES string of the molecule is CCc1ccc([C@@H](COc2ccc(CC3SC(=O)CC3=O)cc2)OC(C)=O)nc1. The number of pyridine rings is 1. The molecular formula is C22H23NO5S. The molecule has 1 aromatic carbocycles. The van der Waals surface area contributed by atoms with Gasteiger partial charge in [0, 0.05) is 13.1 Å². The summed E-state index contributed by atoms with van der Waals surface area (Å²) in [5.74, 6) is 0.215. The lowest BCUT2D eigenvalue weighted by atomic mass is 10.1. The molecule has 29 heavy (non-hydrogen) atoms. The van der Waals surface area contributed by atoms with E-state index in [0.717, 1.165) is 29.3 Å². The maximum Gasteiger partial charge on any atom is 0.303 e. The van der Waals surface area contributed by atoms with Crippen LogP contribution in [-0.4, -0.2) is 33.7 Å². The second-order valence-corrected chi connectivity index (χ2v) is 8.08. The van der Waals surface area contributed by atoms with Crippen LogP contribution in [0, 0.1) is 0 Å². The van der Waals surface area contributed by atoms with Gasteiger partial charge < -0.3 is 9.47 Å². The molecule has 1 aromatic heterocycles. The molecule has 0 amide bonds. The second-order valence-electron chi connectivity index (χ2n) is 6.82. The Hall–Kier alpha value is -2.67. The van der Waals surface area contributed by atoms with Crippen LogP contribution in [0.15, 0.2) is 42.6 Å². The number of nitrogens with zero attached hydrogens (tertiary/aromatic N) is 1. The number of thioether (sulfide) groups is 1. The Bertz CT molecular complexity index is 879. The van der Waals surface area contributed by atoms with Crippen molar-refractivity contribution in [3.8, 4) is 5.75 Å². The number of Topliss-reactive ketones (excluding diaryl/α,β-unsaturated/α-hetero) is 1. The van der Waals surface area contributed by atoms with E-state index in [1.807, 2.05) is 31.2 Å². The summed E-state index contributed by atoms with van der Waals surface area (Å²) in [6.45, 7) is 3.55. The van der Waals surface area contributed by atoms with Crippen molar-refractivity contribution < 1.29 is 23.9 Å². The largest absolute Gasteiger partial charge is 0.489 e. The van der Waals surface area contributed by atoms with E-state index in [1.54, 1.807) is 18.3 Å². The van der Waals surface area contributed by atoms with Gasteiger partial charge in [-0.3, -0.25) is 19.4 Å². The van der Waals surface area contributed by atoms with E-state index in [9.17, 15) is 14.4 Å². The van der Waals surface area contributed by atoms with Gasteiger partial charge in [0.05, 0.1) is 17.4 Å². The van der Waals surface area contributed by atoms with E-state index in [2.05, 4.69) is 4.98 Å². The smallest absolute Gasteiger partial charge is 0.303 e. The van der Waals surface area contributed by atoms with Crippen molar-refractivity contribution in [1.82, 2.24) is 4.98 Å². The third-order valence-electron chi connectivity index (χ3n) is 4.59. The first-order valence-electron chi connectivity index (χ1n) is 9.50. The maximum atomic E-state index is 11.8. The minimum absolute atomic E-state index is 0.00820. The van der Waals surface area contributed by atoms with Gasteiger partial charge in [0.15, 0.2) is 17.0 Å². The normalized spacial score (nSPS) is 17.2. The molecule has 0 N–H and O–H groups in total. The van der Waals surface area contributed by atoms with Gasteiger partial charge in [-0.2, -0.15) is 0 Å². The lowest BCUT2D eigenvalue weighted by molar-refractivity contribution is -0.148. The van der Waals surface area contributed by atoms with Crippen LogP contribution in [0.4, 0.5) is 0 Å². The molecule has 1 aliphatic heterocycles. The van der Waals surface area contributed by atoms with Crippen LogP contribution in [0.1, 0.15) is 43.2 Å². The summed E-state index contributed by atoms with van der Waals surface area (Å²) in [7, 11) is 0. The van der Waals surface area contributed by atoms with Gasteiger partial charge in [-0.25, -0.2) is 0 Å². The van der Waals surface area contributed by atoms with Gasteiger partial charge in [-0.05, 0) is 42.2 Å². The van der Waals surface area contributed by atoms with Crippen molar-refractivity contribution in [2.75, 3.05) is 6.61 Å². The first-order chi connectivity index (χ1) is 13.9. The average molecular weight is 413 g/mol. The zero-order valence-electron chi connectivity index (χ0n) is 16.4. The van der Waals surface area contributed by atoms with Crippen LogP contribution < -0.4 is 4.74 Å². The Balaban J connectivity index is 1.60. The molecule has 0 saturated carbocycles. The van der Waals surface area contributed by atoms with Gasteiger partial charge in [-0.15, -0.1) is 0 Å². The molecule has 6 nitrogen and oxygen atoms in total. The van der Waals surface area contributed by atoms with Crippen LogP contribution >= 0.6 is 11.8 Å². The van der Waals surface area contributed by atoms with E-state index in [4.69, 9.17) is 9.47 Å². The van der Waals surface area contributed by atoms with E-state index in [0.29, 0.717) is 17.9 Å². The number of aromatic nitrogens is 1. The summed E-state index contributed by atoms with van der Waals surface area (Å²) in [5, 5.41) is -0.350. The van der Waals surface area contributed by atoms with Gasteiger partial charge >= 0.3 is 5.97 Å². The first kappa shape index (κ1) is 21.0. The number of aryl methyl sites for hydroxylation is 1. The van der Waals surface area contributed by atoms with E-state index >= 15 is 0 Å². The number of carbonyl (C=O) groups excluding carboxylic acids is 3. The Labute approximate surface area is 174 Å². The number of ether oxygens (including phenoxy) is 2. The number of hydrogen-bond acceptors (Lipinski definition) is 7. The van der Waals surface area contributed by atoms with E-state index < -0.39 is 12.1 Å². The molecule has 0 bridgehead atoms. The molecule has 2 aromatic rings. The summed E-state index contributed by atoms with van der Waals surface area (Å²) in [6, 6.07) is 11.2. The Morgan fingerprint density at radius 3 is 2.45 bits per heavy atom.